The highest BCUT2D eigenvalue weighted by Gasteiger charge is 2.19. The summed E-state index contributed by atoms with van der Waals surface area (Å²) in [4.78, 5) is 9.29. The lowest BCUT2D eigenvalue weighted by Crippen LogP contribution is -2.44. The van der Waals surface area contributed by atoms with Crippen LogP contribution in [0.5, 0.6) is 0 Å². The van der Waals surface area contributed by atoms with Gasteiger partial charge in [0.25, 0.3) is 0 Å². The molecule has 0 saturated heterocycles. The molecule has 2 heterocycles. The molecular formula is C11H11F2N7S2. The van der Waals surface area contributed by atoms with Crippen molar-refractivity contribution in [1.82, 2.24) is 24.9 Å². The zero-order chi connectivity index (χ0) is 16.3. The maximum atomic E-state index is 13.2. The van der Waals surface area contributed by atoms with Gasteiger partial charge in [-0.2, -0.15) is 13.8 Å². The van der Waals surface area contributed by atoms with Crippen LogP contribution < -0.4 is 11.3 Å². The number of hydrogen-bond acceptors (Lipinski definition) is 7. The van der Waals surface area contributed by atoms with Gasteiger partial charge in [0.1, 0.15) is 4.88 Å². The monoisotopic (exact) mass is 343 g/mol. The minimum Gasteiger partial charge on any atom is -0.304 e. The van der Waals surface area contributed by atoms with E-state index in [1.807, 2.05) is 0 Å². The number of aliphatic imine (C=N–C) groups is 1. The maximum absolute atomic E-state index is 13.2. The fourth-order valence-corrected chi connectivity index (χ4v) is 2.32. The Hall–Kier alpha value is -2.11. The number of halogens is 2. The second kappa shape index (κ2) is 6.77. The van der Waals surface area contributed by atoms with Crippen LogP contribution in [-0.2, 0) is 0 Å². The van der Waals surface area contributed by atoms with Gasteiger partial charge in [-0.1, -0.05) is 4.49 Å². The van der Waals surface area contributed by atoms with Crippen molar-refractivity contribution in [2.75, 3.05) is 7.05 Å². The molecule has 0 saturated carbocycles. The van der Waals surface area contributed by atoms with Gasteiger partial charge in [-0.25, -0.2) is 10.8 Å². The number of rotatable bonds is 2. The summed E-state index contributed by atoms with van der Waals surface area (Å²) in [6.07, 6.45) is 0. The van der Waals surface area contributed by atoms with Gasteiger partial charge in [-0.15, -0.1) is 5.10 Å². The first-order chi connectivity index (χ1) is 10.4. The number of amidine groups is 1. The van der Waals surface area contributed by atoms with Crippen molar-refractivity contribution >= 4 is 40.4 Å². The van der Waals surface area contributed by atoms with Crippen molar-refractivity contribution in [3.05, 3.63) is 34.6 Å². The predicted octanol–water partition coefficient (Wildman–Crippen LogP) is 1.28. The van der Waals surface area contributed by atoms with Gasteiger partial charge in [0.05, 0.1) is 11.4 Å². The molecule has 2 aromatic heterocycles. The van der Waals surface area contributed by atoms with Gasteiger partial charge < -0.3 is 10.3 Å². The average Bonchev–Trinajstić information content (AvgIpc) is 2.88. The van der Waals surface area contributed by atoms with E-state index in [4.69, 9.17) is 18.1 Å². The summed E-state index contributed by atoms with van der Waals surface area (Å²) in [5.74, 6) is 3.66. The Labute approximate surface area is 134 Å². The molecule has 22 heavy (non-hydrogen) atoms. The molecule has 7 nitrogen and oxygen atoms in total. The second-order valence-electron chi connectivity index (χ2n) is 4.10. The minimum atomic E-state index is -0.973. The Morgan fingerprint density at radius 3 is 2.55 bits per heavy atom. The van der Waals surface area contributed by atoms with Crippen LogP contribution >= 0.6 is 23.8 Å². The number of hydrazine groups is 1. The molecular weight excluding hydrogens is 332 g/mol. The van der Waals surface area contributed by atoms with Crippen LogP contribution in [0, 0.1) is 18.8 Å². The van der Waals surface area contributed by atoms with E-state index in [9.17, 15) is 8.78 Å². The highest BCUT2D eigenvalue weighted by atomic mass is 32.1. The third-order valence-electron chi connectivity index (χ3n) is 2.58. The van der Waals surface area contributed by atoms with Crippen LogP contribution in [-0.4, -0.2) is 37.5 Å². The minimum absolute atomic E-state index is 0.0412. The van der Waals surface area contributed by atoms with Crippen molar-refractivity contribution in [3.8, 4) is 0 Å². The summed E-state index contributed by atoms with van der Waals surface area (Å²) < 4.78 is 30.2. The summed E-state index contributed by atoms with van der Waals surface area (Å²) >= 11 is 6.13. The smallest absolute Gasteiger partial charge is 0.217 e. The van der Waals surface area contributed by atoms with Crippen LogP contribution in [0.1, 0.15) is 10.6 Å². The highest BCUT2D eigenvalue weighted by Crippen LogP contribution is 2.20. The first kappa shape index (κ1) is 16.3. The third kappa shape index (κ3) is 3.55. The van der Waals surface area contributed by atoms with E-state index in [0.29, 0.717) is 16.4 Å². The number of nitrogens with two attached hydrogens (primary N) is 1. The molecule has 11 heteroatoms. The molecule has 0 spiro atoms. The van der Waals surface area contributed by atoms with Crippen LogP contribution in [0.25, 0.3) is 0 Å². The normalized spacial score (nSPS) is 11.4. The van der Waals surface area contributed by atoms with E-state index in [1.165, 1.54) is 4.90 Å². The molecule has 0 aromatic carbocycles. The zero-order valence-electron chi connectivity index (χ0n) is 11.5. The first-order valence-corrected chi connectivity index (χ1v) is 7.06. The molecule has 0 bridgehead atoms. The van der Waals surface area contributed by atoms with Gasteiger partial charge in [0.15, 0.2) is 10.9 Å². The Morgan fingerprint density at radius 1 is 1.41 bits per heavy atom. The molecule has 0 aliphatic heterocycles. The van der Waals surface area contributed by atoms with E-state index in [0.717, 1.165) is 23.7 Å². The largest absolute Gasteiger partial charge is 0.304 e. The number of aryl methyl sites for hydroxylation is 1. The van der Waals surface area contributed by atoms with Crippen LogP contribution in [0.4, 0.5) is 14.5 Å². The fourth-order valence-electron chi connectivity index (χ4n) is 1.55. The van der Waals surface area contributed by atoms with Gasteiger partial charge in [0.2, 0.25) is 11.9 Å². The van der Waals surface area contributed by atoms with Crippen molar-refractivity contribution in [3.63, 3.8) is 0 Å². The lowest BCUT2D eigenvalue weighted by atomic mass is 10.3. The van der Waals surface area contributed by atoms with Gasteiger partial charge in [0, 0.05) is 19.2 Å². The van der Waals surface area contributed by atoms with Crippen molar-refractivity contribution in [2.24, 2.45) is 10.8 Å². The summed E-state index contributed by atoms with van der Waals surface area (Å²) in [7, 11) is 1.61. The molecule has 0 atom stereocenters. The lowest BCUT2D eigenvalue weighted by Gasteiger charge is -2.20. The van der Waals surface area contributed by atoms with Gasteiger partial charge in [-0.05, 0) is 30.7 Å². The molecule has 0 unspecified atom stereocenters. The predicted molar refractivity (Wildman–Crippen MR) is 82.7 cm³/mol. The number of nitrogens with zero attached hydrogens (tertiary/aromatic N) is 5. The van der Waals surface area contributed by atoms with Crippen molar-refractivity contribution in [1.29, 1.82) is 0 Å². The van der Waals surface area contributed by atoms with E-state index in [-0.39, 0.29) is 10.8 Å². The maximum Gasteiger partial charge on any atom is 0.217 e. The Bertz CT molecular complexity index is 711. The number of pyridine rings is 1. The highest BCUT2D eigenvalue weighted by molar-refractivity contribution is 7.80. The number of thiocarbonyl (C=S) groups is 1. The van der Waals surface area contributed by atoms with E-state index >= 15 is 0 Å². The Morgan fingerprint density at radius 2 is 2.05 bits per heavy atom. The van der Waals surface area contributed by atoms with E-state index in [1.54, 1.807) is 14.0 Å². The third-order valence-corrected chi connectivity index (χ3v) is 3.80. The molecule has 2 rings (SSSR count). The lowest BCUT2D eigenvalue weighted by molar-refractivity contribution is 0.513. The standard InChI is InChI=1S/C11H11F2N7S2/c1-5-9(22-19-18-5)10(20(2)11(21)17-14)15-6-3-7(12)16-8(13)4-6/h3-4H,14H2,1-2H3,(H,17,21). The molecule has 116 valence electrons. The molecule has 0 fully saturated rings. The summed E-state index contributed by atoms with van der Waals surface area (Å²) in [5, 5.41) is 4.06. The first-order valence-electron chi connectivity index (χ1n) is 5.87. The quantitative estimate of drug-likeness (QED) is 0.212. The van der Waals surface area contributed by atoms with Gasteiger partial charge >= 0.3 is 0 Å². The van der Waals surface area contributed by atoms with Crippen LogP contribution in [0.2, 0.25) is 0 Å². The molecule has 2 aromatic rings. The molecule has 0 amide bonds. The molecule has 0 aliphatic carbocycles. The van der Waals surface area contributed by atoms with E-state index < -0.39 is 11.9 Å². The SMILES string of the molecule is Cc1nnsc1C(=Nc1cc(F)nc(F)c1)N(C)C(=S)NN. The van der Waals surface area contributed by atoms with Gasteiger partial charge in [-0.3, -0.25) is 0 Å². The molecule has 0 aliphatic rings. The van der Waals surface area contributed by atoms with Crippen LogP contribution in [0.15, 0.2) is 17.1 Å². The molecule has 3 N–H and O–H groups in total. The number of aromatic nitrogens is 3. The topological polar surface area (TPSA) is 92.3 Å². The number of nitrogens with one attached hydrogen (secondary N) is 1. The summed E-state index contributed by atoms with van der Waals surface area (Å²) in [5.41, 5.74) is 2.96. The second-order valence-corrected chi connectivity index (χ2v) is 5.24. The van der Waals surface area contributed by atoms with E-state index in [2.05, 4.69) is 25.0 Å². The Kier molecular flexibility index (Phi) is 5.00. The Balaban J connectivity index is 2.55. The summed E-state index contributed by atoms with van der Waals surface area (Å²) in [6.45, 7) is 1.73. The van der Waals surface area contributed by atoms with Crippen molar-refractivity contribution < 1.29 is 8.78 Å². The zero-order valence-corrected chi connectivity index (χ0v) is 13.2. The molecule has 0 radical (unpaired) electrons. The fraction of sp³-hybridized carbons (Fsp3) is 0.182. The van der Waals surface area contributed by atoms with Crippen LogP contribution in [0.3, 0.4) is 0 Å². The average molecular weight is 343 g/mol. The summed E-state index contributed by atoms with van der Waals surface area (Å²) in [6, 6.07) is 2.00. The van der Waals surface area contributed by atoms with Crippen molar-refractivity contribution in [2.45, 2.75) is 6.92 Å². The number of hydrogen-bond donors (Lipinski definition) is 2.